The number of hydrogen-bond donors (Lipinski definition) is 0. The van der Waals surface area contributed by atoms with Gasteiger partial charge in [0.2, 0.25) is 5.12 Å². The maximum Gasteiger partial charge on any atom is 0.216 e. The third kappa shape index (κ3) is 7.32. The van der Waals surface area contributed by atoms with Crippen molar-refractivity contribution in [3.05, 3.63) is 41.7 Å². The number of carbonyl (C=O) groups excluding carboxylic acids is 2. The zero-order valence-corrected chi connectivity index (χ0v) is 18.9. The second-order valence-electron chi connectivity index (χ2n) is 7.53. The Balaban J connectivity index is 1.80. The fourth-order valence-electron chi connectivity index (χ4n) is 3.35. The normalized spacial score (nSPS) is 19.0. The van der Waals surface area contributed by atoms with Crippen molar-refractivity contribution in [1.29, 1.82) is 0 Å². The molecule has 1 aliphatic rings. The fourth-order valence-corrected chi connectivity index (χ4v) is 4.84. The van der Waals surface area contributed by atoms with Gasteiger partial charge >= 0.3 is 0 Å². The minimum atomic E-state index is -0.331. The molecular weight excluding hydrogens is 388 g/mol. The largest absolute Gasteiger partial charge is 0.489 e. The van der Waals surface area contributed by atoms with Crippen LogP contribution in [0.4, 0.5) is 0 Å². The topological polar surface area (TPSA) is 43.4 Å². The summed E-state index contributed by atoms with van der Waals surface area (Å²) in [6.07, 6.45) is 12.2. The van der Waals surface area contributed by atoms with E-state index in [9.17, 15) is 9.59 Å². The minimum Gasteiger partial charge on any atom is -0.489 e. The van der Waals surface area contributed by atoms with E-state index in [4.69, 9.17) is 4.74 Å². The van der Waals surface area contributed by atoms with Gasteiger partial charge in [0.15, 0.2) is 5.78 Å². The van der Waals surface area contributed by atoms with Gasteiger partial charge in [-0.05, 0) is 37.3 Å². The molecule has 28 heavy (non-hydrogen) atoms. The molecule has 0 spiro atoms. The van der Waals surface area contributed by atoms with Crippen LogP contribution in [0.2, 0.25) is 0 Å². The minimum absolute atomic E-state index is 0.0239. The van der Waals surface area contributed by atoms with E-state index in [1.807, 2.05) is 30.5 Å². The van der Waals surface area contributed by atoms with E-state index in [-0.39, 0.29) is 22.3 Å². The zero-order chi connectivity index (χ0) is 20.4. The van der Waals surface area contributed by atoms with Crippen LogP contribution in [0.3, 0.4) is 0 Å². The van der Waals surface area contributed by atoms with Crippen LogP contribution < -0.4 is 0 Å². The van der Waals surface area contributed by atoms with E-state index in [2.05, 4.69) is 13.8 Å². The molecule has 0 saturated heterocycles. The lowest BCUT2D eigenvalue weighted by Crippen LogP contribution is -2.24. The molecule has 2 rings (SSSR count). The highest BCUT2D eigenvalue weighted by atomic mass is 32.2. The molecule has 0 amide bonds. The number of carbonyl (C=O) groups is 2. The molecule has 0 aliphatic carbocycles. The molecule has 3 nitrogen and oxygen atoms in total. The second kappa shape index (κ2) is 11.7. The maximum atomic E-state index is 12.3. The first-order chi connectivity index (χ1) is 13.5. The number of ether oxygens (including phenoxy) is 1. The van der Waals surface area contributed by atoms with E-state index in [0.29, 0.717) is 12.2 Å². The van der Waals surface area contributed by atoms with Crippen molar-refractivity contribution in [2.45, 2.75) is 74.9 Å². The van der Waals surface area contributed by atoms with Crippen molar-refractivity contribution >= 4 is 34.4 Å². The van der Waals surface area contributed by atoms with Gasteiger partial charge in [-0.25, -0.2) is 0 Å². The maximum absolute atomic E-state index is 12.3. The van der Waals surface area contributed by atoms with Crippen LogP contribution >= 0.6 is 23.5 Å². The van der Waals surface area contributed by atoms with E-state index >= 15 is 0 Å². The van der Waals surface area contributed by atoms with Crippen LogP contribution in [0.1, 0.15) is 64.4 Å². The number of thioether (sulfide) groups is 2. The highest BCUT2D eigenvalue weighted by molar-refractivity contribution is 8.15. The first kappa shape index (κ1) is 23.1. The predicted molar refractivity (Wildman–Crippen MR) is 120 cm³/mol. The molecule has 0 N–H and O–H groups in total. The van der Waals surface area contributed by atoms with E-state index in [1.165, 1.54) is 48.8 Å². The summed E-state index contributed by atoms with van der Waals surface area (Å²) in [5.74, 6) is 0.700. The SMILES string of the molecule is CCCCCCCCC1(C)SC(=O)C=C1OCC(=O)Cc1ccc(SC)cc1. The van der Waals surface area contributed by atoms with Gasteiger partial charge in [-0.1, -0.05) is 69.3 Å². The van der Waals surface area contributed by atoms with Gasteiger partial charge in [0.25, 0.3) is 0 Å². The first-order valence-corrected chi connectivity index (χ1v) is 12.2. The summed E-state index contributed by atoms with van der Waals surface area (Å²) >= 11 is 3.02. The summed E-state index contributed by atoms with van der Waals surface area (Å²) in [6, 6.07) is 8.03. The monoisotopic (exact) mass is 420 g/mol. The summed E-state index contributed by atoms with van der Waals surface area (Å²) in [5, 5.41) is 0.0311. The molecule has 0 aromatic heterocycles. The lowest BCUT2D eigenvalue weighted by Gasteiger charge is -2.26. The molecule has 1 unspecified atom stereocenters. The van der Waals surface area contributed by atoms with Crippen molar-refractivity contribution in [2.75, 3.05) is 12.9 Å². The Hall–Kier alpha value is -1.20. The summed E-state index contributed by atoms with van der Waals surface area (Å²) in [4.78, 5) is 25.5. The molecule has 5 heteroatoms. The second-order valence-corrected chi connectivity index (χ2v) is 9.92. The van der Waals surface area contributed by atoms with Crippen molar-refractivity contribution in [3.8, 4) is 0 Å². The molecule has 1 atom stereocenters. The lowest BCUT2D eigenvalue weighted by atomic mass is 9.99. The summed E-state index contributed by atoms with van der Waals surface area (Å²) in [6.45, 7) is 4.30. The Labute approximate surface area is 178 Å². The Morgan fingerprint density at radius 1 is 1.11 bits per heavy atom. The van der Waals surface area contributed by atoms with Gasteiger partial charge in [-0.3, -0.25) is 9.59 Å². The van der Waals surface area contributed by atoms with Crippen molar-refractivity contribution in [2.24, 2.45) is 0 Å². The van der Waals surface area contributed by atoms with E-state index in [0.717, 1.165) is 18.4 Å². The molecule has 154 valence electrons. The van der Waals surface area contributed by atoms with Crippen LogP contribution in [-0.4, -0.2) is 28.5 Å². The number of rotatable bonds is 13. The van der Waals surface area contributed by atoms with Crippen LogP contribution in [0.15, 0.2) is 41.0 Å². The van der Waals surface area contributed by atoms with Crippen molar-refractivity contribution < 1.29 is 14.3 Å². The highest BCUT2D eigenvalue weighted by Crippen LogP contribution is 2.44. The molecule has 1 aromatic carbocycles. The van der Waals surface area contributed by atoms with Crippen molar-refractivity contribution in [3.63, 3.8) is 0 Å². The van der Waals surface area contributed by atoms with Gasteiger partial charge in [0, 0.05) is 17.4 Å². The van der Waals surface area contributed by atoms with Crippen LogP contribution in [0, 0.1) is 0 Å². The van der Waals surface area contributed by atoms with Crippen LogP contribution in [-0.2, 0) is 20.7 Å². The Morgan fingerprint density at radius 2 is 1.79 bits per heavy atom. The lowest BCUT2D eigenvalue weighted by molar-refractivity contribution is -0.122. The number of hydrogen-bond acceptors (Lipinski definition) is 5. The summed E-state index contributed by atoms with van der Waals surface area (Å²) in [7, 11) is 0. The average molecular weight is 421 g/mol. The predicted octanol–water partition coefficient (Wildman–Crippen LogP) is 6.20. The van der Waals surface area contributed by atoms with Crippen LogP contribution in [0.25, 0.3) is 0 Å². The highest BCUT2D eigenvalue weighted by Gasteiger charge is 2.39. The third-order valence-corrected chi connectivity index (χ3v) is 6.97. The molecular formula is C23H32O3S2. The molecule has 0 bridgehead atoms. The quantitative estimate of drug-likeness (QED) is 0.281. The van der Waals surface area contributed by atoms with Gasteiger partial charge in [-0.2, -0.15) is 0 Å². The van der Waals surface area contributed by atoms with Gasteiger partial charge < -0.3 is 4.74 Å². The molecule has 0 fully saturated rings. The zero-order valence-electron chi connectivity index (χ0n) is 17.3. The molecule has 1 heterocycles. The van der Waals surface area contributed by atoms with Crippen molar-refractivity contribution in [1.82, 2.24) is 0 Å². The van der Waals surface area contributed by atoms with Gasteiger partial charge in [-0.15, -0.1) is 11.8 Å². The Bertz CT molecular complexity index is 682. The molecule has 0 saturated carbocycles. The van der Waals surface area contributed by atoms with Gasteiger partial charge in [0.05, 0.1) is 4.75 Å². The fraction of sp³-hybridized carbons (Fsp3) is 0.565. The number of ketones is 1. The number of unbranched alkanes of at least 4 members (excludes halogenated alkanes) is 5. The standard InChI is InChI=1S/C23H32O3S2/c1-4-5-6-7-8-9-14-23(2)21(16-22(25)28-23)26-17-19(24)15-18-10-12-20(27-3)13-11-18/h10-13,16H,4-9,14-15,17H2,1-3H3. The van der Waals surface area contributed by atoms with Crippen LogP contribution in [0.5, 0.6) is 0 Å². The average Bonchev–Trinajstić information content (AvgIpc) is 2.97. The summed E-state index contributed by atoms with van der Waals surface area (Å²) in [5.41, 5.74) is 0.993. The smallest absolute Gasteiger partial charge is 0.216 e. The number of benzene rings is 1. The molecule has 1 aliphatic heterocycles. The number of Topliss-reactive ketones (excluding diaryl/α,β-unsaturated/α-hetero) is 1. The molecule has 0 radical (unpaired) electrons. The Kier molecular flexibility index (Phi) is 9.66. The van der Waals surface area contributed by atoms with E-state index < -0.39 is 0 Å². The molecule has 1 aromatic rings. The third-order valence-electron chi connectivity index (χ3n) is 5.05. The van der Waals surface area contributed by atoms with Gasteiger partial charge in [0.1, 0.15) is 12.4 Å². The summed E-state index contributed by atoms with van der Waals surface area (Å²) < 4.78 is 5.50. The first-order valence-electron chi connectivity index (χ1n) is 10.2. The van der Waals surface area contributed by atoms with E-state index in [1.54, 1.807) is 17.8 Å². The Morgan fingerprint density at radius 3 is 2.46 bits per heavy atom.